The molecule has 0 saturated heterocycles. The highest BCUT2D eigenvalue weighted by Gasteiger charge is 2.29. The minimum atomic E-state index is -3.58. The predicted molar refractivity (Wildman–Crippen MR) is 152 cm³/mol. The van der Waals surface area contributed by atoms with Crippen LogP contribution in [0.15, 0.2) is 36.4 Å². The molecule has 1 atom stereocenters. The minimum Gasteiger partial charge on any atom is -0.350 e. The lowest BCUT2D eigenvalue weighted by Gasteiger charge is -2.32. The Hall–Kier alpha value is -2.29. The van der Waals surface area contributed by atoms with Crippen LogP contribution in [0.2, 0.25) is 10.0 Å². The summed E-state index contributed by atoms with van der Waals surface area (Å²) in [7, 11) is -3.58. The molecule has 0 aliphatic rings. The van der Waals surface area contributed by atoms with Gasteiger partial charge in [-0.1, -0.05) is 41.4 Å². The molecule has 0 radical (unpaired) electrons. The van der Waals surface area contributed by atoms with Gasteiger partial charge in [-0.05, 0) is 77.3 Å². The lowest BCUT2D eigenvalue weighted by atomic mass is 10.1. The number of amides is 2. The summed E-state index contributed by atoms with van der Waals surface area (Å²) in [6.07, 6.45) is 1.45. The molecule has 0 heterocycles. The van der Waals surface area contributed by atoms with Crippen molar-refractivity contribution in [3.63, 3.8) is 0 Å². The van der Waals surface area contributed by atoms with Gasteiger partial charge in [-0.15, -0.1) is 0 Å². The highest BCUT2D eigenvalue weighted by atomic mass is 35.5. The first-order valence-corrected chi connectivity index (χ1v) is 14.7. The van der Waals surface area contributed by atoms with E-state index in [1.165, 1.54) is 9.21 Å². The number of aryl methyl sites for hydroxylation is 1. The van der Waals surface area contributed by atoms with Gasteiger partial charge in [0, 0.05) is 40.7 Å². The number of carbonyl (C=O) groups is 2. The summed E-state index contributed by atoms with van der Waals surface area (Å²) in [5.74, 6) is -0.612. The van der Waals surface area contributed by atoms with Crippen molar-refractivity contribution in [2.24, 2.45) is 0 Å². The van der Waals surface area contributed by atoms with E-state index >= 15 is 0 Å². The number of nitrogens with one attached hydrogen (secondary N) is 1. The molecular weight excluding hydrogens is 533 g/mol. The average Bonchev–Trinajstić information content (AvgIpc) is 2.76. The van der Waals surface area contributed by atoms with E-state index in [1.54, 1.807) is 31.2 Å². The summed E-state index contributed by atoms with van der Waals surface area (Å²) in [6, 6.07) is 9.76. The first kappa shape index (κ1) is 30.9. The van der Waals surface area contributed by atoms with Crippen LogP contribution in [-0.2, 0) is 26.2 Å². The SMILES string of the molecule is Cc1cccc(N(CCCC(=O)N(Cc2c(Cl)cccc2Cl)[C@H](C)C(=O)NC(C)(C)C)S(C)(=O)=O)c1C. The zero-order valence-electron chi connectivity index (χ0n) is 22.6. The van der Waals surface area contributed by atoms with Gasteiger partial charge in [-0.2, -0.15) is 0 Å². The van der Waals surface area contributed by atoms with Crippen molar-refractivity contribution in [3.8, 4) is 0 Å². The molecule has 0 saturated carbocycles. The number of halogens is 2. The molecule has 0 bridgehead atoms. The number of benzene rings is 2. The highest BCUT2D eigenvalue weighted by Crippen LogP contribution is 2.28. The van der Waals surface area contributed by atoms with E-state index in [4.69, 9.17) is 23.2 Å². The molecule has 0 fully saturated rings. The van der Waals surface area contributed by atoms with E-state index in [0.717, 1.165) is 17.4 Å². The van der Waals surface area contributed by atoms with Gasteiger partial charge in [-0.3, -0.25) is 13.9 Å². The van der Waals surface area contributed by atoms with Crippen molar-refractivity contribution in [2.45, 2.75) is 72.5 Å². The fraction of sp³-hybridized carbons (Fsp3) is 0.481. The molecule has 2 amide bonds. The van der Waals surface area contributed by atoms with Crippen molar-refractivity contribution >= 4 is 50.7 Å². The molecule has 0 unspecified atom stereocenters. The summed E-state index contributed by atoms with van der Waals surface area (Å²) in [6.45, 7) is 11.2. The molecule has 7 nitrogen and oxygen atoms in total. The van der Waals surface area contributed by atoms with E-state index in [-0.39, 0.29) is 37.7 Å². The fourth-order valence-electron chi connectivity index (χ4n) is 3.90. The smallest absolute Gasteiger partial charge is 0.242 e. The van der Waals surface area contributed by atoms with Crippen molar-refractivity contribution < 1.29 is 18.0 Å². The largest absolute Gasteiger partial charge is 0.350 e. The van der Waals surface area contributed by atoms with Crippen molar-refractivity contribution in [2.75, 3.05) is 17.1 Å². The van der Waals surface area contributed by atoms with Crippen LogP contribution in [0.5, 0.6) is 0 Å². The predicted octanol–water partition coefficient (Wildman–Crippen LogP) is 5.49. The average molecular weight is 571 g/mol. The topological polar surface area (TPSA) is 86.8 Å². The zero-order valence-corrected chi connectivity index (χ0v) is 24.9. The number of sulfonamides is 1. The molecule has 0 aliphatic carbocycles. The molecule has 1 N–H and O–H groups in total. The van der Waals surface area contributed by atoms with Gasteiger partial charge in [0.2, 0.25) is 21.8 Å². The molecule has 10 heteroatoms. The third-order valence-electron chi connectivity index (χ3n) is 6.05. The van der Waals surface area contributed by atoms with Crippen LogP contribution in [0.1, 0.15) is 57.2 Å². The van der Waals surface area contributed by atoms with Crippen LogP contribution in [0, 0.1) is 13.8 Å². The summed E-state index contributed by atoms with van der Waals surface area (Å²) in [5.41, 5.74) is 2.49. The van der Waals surface area contributed by atoms with E-state index < -0.39 is 21.6 Å². The highest BCUT2D eigenvalue weighted by molar-refractivity contribution is 7.92. The molecular formula is C27H37Cl2N3O4S. The number of hydrogen-bond donors (Lipinski definition) is 1. The quantitative estimate of drug-likeness (QED) is 0.410. The lowest BCUT2D eigenvalue weighted by molar-refractivity contribution is -0.141. The lowest BCUT2D eigenvalue weighted by Crippen LogP contribution is -2.52. The van der Waals surface area contributed by atoms with Crippen LogP contribution < -0.4 is 9.62 Å². The van der Waals surface area contributed by atoms with Gasteiger partial charge in [0.25, 0.3) is 0 Å². The number of anilines is 1. The molecule has 2 aromatic carbocycles. The Balaban J connectivity index is 2.28. The number of nitrogens with zero attached hydrogens (tertiary/aromatic N) is 2. The Morgan fingerprint density at radius 1 is 1.03 bits per heavy atom. The Morgan fingerprint density at radius 2 is 1.59 bits per heavy atom. The molecule has 0 spiro atoms. The maximum Gasteiger partial charge on any atom is 0.242 e. The van der Waals surface area contributed by atoms with Gasteiger partial charge < -0.3 is 10.2 Å². The van der Waals surface area contributed by atoms with E-state index in [2.05, 4.69) is 5.32 Å². The first-order valence-electron chi connectivity index (χ1n) is 12.1. The summed E-state index contributed by atoms with van der Waals surface area (Å²) >= 11 is 12.7. The maximum absolute atomic E-state index is 13.5. The second kappa shape index (κ2) is 12.5. The van der Waals surface area contributed by atoms with Gasteiger partial charge in [0.05, 0.1) is 11.9 Å². The number of hydrogen-bond acceptors (Lipinski definition) is 4. The van der Waals surface area contributed by atoms with Gasteiger partial charge in [-0.25, -0.2) is 8.42 Å². The van der Waals surface area contributed by atoms with Gasteiger partial charge in [0.1, 0.15) is 6.04 Å². The zero-order chi connectivity index (χ0) is 28.1. The van der Waals surface area contributed by atoms with Crippen LogP contribution in [0.4, 0.5) is 5.69 Å². The van der Waals surface area contributed by atoms with Crippen LogP contribution >= 0.6 is 23.2 Å². The molecule has 37 heavy (non-hydrogen) atoms. The van der Waals surface area contributed by atoms with Crippen molar-refractivity contribution in [1.29, 1.82) is 0 Å². The van der Waals surface area contributed by atoms with Crippen LogP contribution in [0.3, 0.4) is 0 Å². The molecule has 2 aromatic rings. The third-order valence-corrected chi connectivity index (χ3v) is 7.94. The van der Waals surface area contributed by atoms with Crippen molar-refractivity contribution in [1.82, 2.24) is 10.2 Å². The minimum absolute atomic E-state index is 0.0338. The summed E-state index contributed by atoms with van der Waals surface area (Å²) < 4.78 is 26.5. The molecule has 0 aliphatic heterocycles. The standard InChI is InChI=1S/C27H37Cl2N3O4S/c1-18-11-8-14-24(19(18)2)32(37(7,35)36)16-10-15-25(33)31(20(3)26(34)30-27(4,5)6)17-21-22(28)12-9-13-23(21)29/h8-9,11-14,20H,10,15-17H2,1-7H3,(H,30,34)/t20-/m1/s1. The van der Waals surface area contributed by atoms with Crippen molar-refractivity contribution in [3.05, 3.63) is 63.1 Å². The third kappa shape index (κ3) is 8.62. The second-order valence-corrected chi connectivity index (χ2v) is 13.0. The van der Waals surface area contributed by atoms with Crippen LogP contribution in [-0.4, -0.2) is 49.5 Å². The van der Waals surface area contributed by atoms with Gasteiger partial charge in [0.15, 0.2) is 0 Å². The summed E-state index contributed by atoms with van der Waals surface area (Å²) in [4.78, 5) is 27.9. The normalized spacial score (nSPS) is 12.7. The molecule has 0 aromatic heterocycles. The maximum atomic E-state index is 13.5. The van der Waals surface area contributed by atoms with Crippen LogP contribution in [0.25, 0.3) is 0 Å². The Bertz CT molecular complexity index is 1220. The second-order valence-electron chi connectivity index (χ2n) is 10.3. The van der Waals surface area contributed by atoms with E-state index in [0.29, 0.717) is 21.3 Å². The molecule has 204 valence electrons. The molecule has 2 rings (SSSR count). The van der Waals surface area contributed by atoms with Gasteiger partial charge >= 0.3 is 0 Å². The first-order chi connectivity index (χ1) is 17.0. The number of rotatable bonds is 10. The number of carbonyl (C=O) groups excluding carboxylic acids is 2. The van der Waals surface area contributed by atoms with E-state index in [9.17, 15) is 18.0 Å². The Kier molecular flexibility index (Phi) is 10.5. The fourth-order valence-corrected chi connectivity index (χ4v) is 5.43. The monoisotopic (exact) mass is 569 g/mol. The Morgan fingerprint density at radius 3 is 2.14 bits per heavy atom. The Labute approximate surface area is 231 Å². The van der Waals surface area contributed by atoms with E-state index in [1.807, 2.05) is 46.8 Å². The summed E-state index contributed by atoms with van der Waals surface area (Å²) in [5, 5.41) is 3.70.